The van der Waals surface area contributed by atoms with Crippen LogP contribution in [0.3, 0.4) is 0 Å². The van der Waals surface area contributed by atoms with Crippen LogP contribution in [0.4, 0.5) is 5.69 Å². The number of benzene rings is 1. The fraction of sp³-hybridized carbons (Fsp3) is 0.600. The van der Waals surface area contributed by atoms with E-state index in [1.54, 1.807) is 32.4 Å². The summed E-state index contributed by atoms with van der Waals surface area (Å²) in [5, 5.41) is 12.0. The second kappa shape index (κ2) is 11.8. The predicted octanol–water partition coefficient (Wildman–Crippen LogP) is 2.32. The van der Waals surface area contributed by atoms with Crippen molar-refractivity contribution in [1.82, 2.24) is 9.80 Å². The van der Waals surface area contributed by atoms with Crippen molar-refractivity contribution in [3.63, 3.8) is 0 Å². The lowest BCUT2D eigenvalue weighted by Crippen LogP contribution is -2.51. The highest BCUT2D eigenvalue weighted by atomic mass is 35.5. The molecule has 164 valence electrons. The molecule has 2 rings (SSSR count). The van der Waals surface area contributed by atoms with E-state index in [1.165, 1.54) is 0 Å². The minimum atomic E-state index is -0.800. The van der Waals surface area contributed by atoms with Crippen LogP contribution in [-0.2, 0) is 9.59 Å². The van der Waals surface area contributed by atoms with Crippen molar-refractivity contribution in [2.45, 2.75) is 38.8 Å². The number of aliphatic carboxylic acids is 1. The van der Waals surface area contributed by atoms with Gasteiger partial charge in [0, 0.05) is 25.2 Å². The van der Waals surface area contributed by atoms with Crippen molar-refractivity contribution in [3.8, 4) is 11.5 Å². The van der Waals surface area contributed by atoms with Crippen LogP contribution in [0.2, 0.25) is 0 Å². The molecule has 2 N–H and O–H groups in total. The van der Waals surface area contributed by atoms with Crippen molar-refractivity contribution in [2.75, 3.05) is 45.7 Å². The number of hydrogen-bond acceptors (Lipinski definition) is 6. The van der Waals surface area contributed by atoms with Gasteiger partial charge in [0.1, 0.15) is 11.5 Å². The summed E-state index contributed by atoms with van der Waals surface area (Å²) in [7, 11) is 3.13. The molecular weight excluding hydrogens is 398 g/mol. The molecule has 1 aliphatic rings. The number of amides is 1. The second-order valence-corrected chi connectivity index (χ2v) is 6.96. The molecule has 1 saturated heterocycles. The monoisotopic (exact) mass is 429 g/mol. The first kappa shape index (κ1) is 25.0. The van der Waals surface area contributed by atoms with Gasteiger partial charge in [-0.25, -0.2) is 0 Å². The van der Waals surface area contributed by atoms with Gasteiger partial charge in [0.15, 0.2) is 0 Å². The number of carbonyl (C=O) groups excluding carboxylic acids is 1. The molecule has 0 radical (unpaired) electrons. The number of piperidine rings is 1. The Balaban J connectivity index is 0.00000420. The molecule has 1 atom stereocenters. The van der Waals surface area contributed by atoms with Gasteiger partial charge < -0.3 is 19.9 Å². The molecule has 0 saturated carbocycles. The lowest BCUT2D eigenvalue weighted by molar-refractivity contribution is -0.139. The quantitative estimate of drug-likeness (QED) is 0.622. The maximum Gasteiger partial charge on any atom is 0.317 e. The Bertz CT molecular complexity index is 680. The Morgan fingerprint density at radius 1 is 1.28 bits per heavy atom. The zero-order valence-corrected chi connectivity index (χ0v) is 18.3. The molecule has 1 fully saturated rings. The minimum absolute atomic E-state index is 0. The number of likely N-dealkylation sites (N-methyl/N-ethyl adjacent to an activating group) is 1. The van der Waals surface area contributed by atoms with Gasteiger partial charge >= 0.3 is 5.97 Å². The SMILES string of the molecule is CCN(CC(=O)O)C1CCN(C(C)C(=O)Nc2ccc(OC)cc2OC)CC1.Cl. The molecule has 1 aliphatic heterocycles. The molecule has 0 bridgehead atoms. The first-order chi connectivity index (χ1) is 13.4. The van der Waals surface area contributed by atoms with Gasteiger partial charge in [-0.1, -0.05) is 6.92 Å². The van der Waals surface area contributed by atoms with Crippen molar-refractivity contribution < 1.29 is 24.2 Å². The number of likely N-dealkylation sites (tertiary alicyclic amines) is 1. The van der Waals surface area contributed by atoms with Crippen molar-refractivity contribution >= 4 is 30.0 Å². The zero-order chi connectivity index (χ0) is 20.7. The van der Waals surface area contributed by atoms with Crippen molar-refractivity contribution in [3.05, 3.63) is 18.2 Å². The van der Waals surface area contributed by atoms with E-state index in [2.05, 4.69) is 10.2 Å². The third kappa shape index (κ3) is 6.76. The first-order valence-corrected chi connectivity index (χ1v) is 9.62. The molecule has 1 amide bonds. The standard InChI is InChI=1S/C20H31N3O5.ClH/c1-5-22(13-19(24)25)15-8-10-23(11-9-15)14(2)20(26)21-17-7-6-16(27-3)12-18(17)28-4;/h6-7,12,14-15H,5,8-11,13H2,1-4H3,(H,21,26)(H,24,25);1H. The maximum absolute atomic E-state index is 12.7. The Hall–Kier alpha value is -2.03. The molecule has 29 heavy (non-hydrogen) atoms. The smallest absolute Gasteiger partial charge is 0.317 e. The lowest BCUT2D eigenvalue weighted by atomic mass is 10.0. The van der Waals surface area contributed by atoms with E-state index in [9.17, 15) is 9.59 Å². The number of rotatable bonds is 9. The van der Waals surface area contributed by atoms with Gasteiger partial charge in [-0.05, 0) is 38.4 Å². The van der Waals surface area contributed by atoms with Gasteiger partial charge in [-0.15, -0.1) is 12.4 Å². The van der Waals surface area contributed by atoms with E-state index in [1.807, 2.05) is 18.7 Å². The van der Waals surface area contributed by atoms with E-state index in [0.29, 0.717) is 23.7 Å². The summed E-state index contributed by atoms with van der Waals surface area (Å²) in [6, 6.07) is 5.22. The highest BCUT2D eigenvalue weighted by Crippen LogP contribution is 2.29. The molecule has 0 aliphatic carbocycles. The van der Waals surface area contributed by atoms with Gasteiger partial charge in [0.2, 0.25) is 5.91 Å². The Morgan fingerprint density at radius 2 is 1.93 bits per heavy atom. The number of halogens is 1. The van der Waals surface area contributed by atoms with Crippen LogP contribution >= 0.6 is 12.4 Å². The van der Waals surface area contributed by atoms with Crippen LogP contribution in [0.5, 0.6) is 11.5 Å². The van der Waals surface area contributed by atoms with E-state index in [4.69, 9.17) is 14.6 Å². The zero-order valence-electron chi connectivity index (χ0n) is 17.5. The molecule has 9 heteroatoms. The Labute approximate surface area is 178 Å². The lowest BCUT2D eigenvalue weighted by Gasteiger charge is -2.39. The Morgan fingerprint density at radius 3 is 2.45 bits per heavy atom. The summed E-state index contributed by atoms with van der Waals surface area (Å²) in [5.74, 6) is 0.308. The molecule has 8 nitrogen and oxygen atoms in total. The van der Waals surface area contributed by atoms with Gasteiger partial charge in [0.05, 0.1) is 32.5 Å². The van der Waals surface area contributed by atoms with E-state index in [0.717, 1.165) is 25.9 Å². The van der Waals surface area contributed by atoms with E-state index < -0.39 is 5.97 Å². The molecule has 1 aromatic carbocycles. The number of hydrogen-bond donors (Lipinski definition) is 2. The normalized spacial score (nSPS) is 16.0. The van der Waals surface area contributed by atoms with Crippen LogP contribution in [0, 0.1) is 0 Å². The van der Waals surface area contributed by atoms with Crippen LogP contribution in [0.1, 0.15) is 26.7 Å². The van der Waals surface area contributed by atoms with Crippen molar-refractivity contribution in [1.29, 1.82) is 0 Å². The summed E-state index contributed by atoms with van der Waals surface area (Å²) < 4.78 is 10.5. The van der Waals surface area contributed by atoms with Crippen molar-refractivity contribution in [2.24, 2.45) is 0 Å². The highest BCUT2D eigenvalue weighted by Gasteiger charge is 2.29. The highest BCUT2D eigenvalue weighted by molar-refractivity contribution is 5.96. The third-order valence-electron chi connectivity index (χ3n) is 5.35. The van der Waals surface area contributed by atoms with E-state index in [-0.39, 0.29) is 36.9 Å². The topological polar surface area (TPSA) is 91.3 Å². The molecule has 1 heterocycles. The second-order valence-electron chi connectivity index (χ2n) is 6.96. The maximum atomic E-state index is 12.7. The number of ether oxygens (including phenoxy) is 2. The van der Waals surface area contributed by atoms with Crippen LogP contribution < -0.4 is 14.8 Å². The predicted molar refractivity (Wildman–Crippen MR) is 114 cm³/mol. The van der Waals surface area contributed by atoms with Crippen LogP contribution in [0.15, 0.2) is 18.2 Å². The Kier molecular flexibility index (Phi) is 10.2. The van der Waals surface area contributed by atoms with Gasteiger partial charge in [0.25, 0.3) is 0 Å². The number of nitrogens with zero attached hydrogens (tertiary/aromatic N) is 2. The largest absolute Gasteiger partial charge is 0.497 e. The van der Waals surface area contributed by atoms with E-state index >= 15 is 0 Å². The van der Waals surface area contributed by atoms with Crippen LogP contribution in [0.25, 0.3) is 0 Å². The third-order valence-corrected chi connectivity index (χ3v) is 5.35. The number of nitrogens with one attached hydrogen (secondary N) is 1. The number of carboxylic acid groups (broad SMARTS) is 1. The summed E-state index contributed by atoms with van der Waals surface area (Å²) in [6.45, 7) is 6.16. The number of carbonyl (C=O) groups is 2. The first-order valence-electron chi connectivity index (χ1n) is 9.62. The van der Waals surface area contributed by atoms with Gasteiger partial charge in [-0.3, -0.25) is 19.4 Å². The minimum Gasteiger partial charge on any atom is -0.497 e. The summed E-state index contributed by atoms with van der Waals surface area (Å²) in [5.41, 5.74) is 0.605. The summed E-state index contributed by atoms with van der Waals surface area (Å²) in [6.07, 6.45) is 1.70. The molecule has 0 spiro atoms. The molecule has 1 aromatic rings. The molecule has 0 aromatic heterocycles. The summed E-state index contributed by atoms with van der Waals surface area (Å²) >= 11 is 0. The summed E-state index contributed by atoms with van der Waals surface area (Å²) in [4.78, 5) is 27.9. The number of methoxy groups -OCH3 is 2. The average molecular weight is 430 g/mol. The molecular formula is C20H32ClN3O5. The fourth-order valence-corrected chi connectivity index (χ4v) is 3.62. The number of carboxylic acids is 1. The number of anilines is 1. The molecule has 1 unspecified atom stereocenters. The average Bonchev–Trinajstić information content (AvgIpc) is 2.71. The fourth-order valence-electron chi connectivity index (χ4n) is 3.62. The van der Waals surface area contributed by atoms with Gasteiger partial charge in [-0.2, -0.15) is 0 Å². The van der Waals surface area contributed by atoms with Crippen LogP contribution in [-0.4, -0.2) is 79.3 Å².